The second-order valence-corrected chi connectivity index (χ2v) is 5.61. The number of nitrogens with zero attached hydrogens (tertiary/aromatic N) is 1. The maximum Gasteiger partial charge on any atom is 0.119 e. The molecular formula is C18H22N2O. The molecule has 2 N–H and O–H groups in total. The number of ether oxygens (including phenoxy) is 1. The van der Waals surface area contributed by atoms with E-state index in [1.54, 1.807) is 0 Å². The van der Waals surface area contributed by atoms with Crippen LogP contribution >= 0.6 is 0 Å². The molecule has 0 radical (unpaired) electrons. The molecule has 0 aliphatic carbocycles. The smallest absolute Gasteiger partial charge is 0.119 e. The van der Waals surface area contributed by atoms with Crippen LogP contribution in [0.25, 0.3) is 0 Å². The second-order valence-electron chi connectivity index (χ2n) is 5.61. The third kappa shape index (κ3) is 3.76. The van der Waals surface area contributed by atoms with Crippen molar-refractivity contribution in [1.82, 2.24) is 4.90 Å². The zero-order chi connectivity index (χ0) is 14.5. The number of anilines is 1. The Morgan fingerprint density at radius 3 is 2.57 bits per heavy atom. The summed E-state index contributed by atoms with van der Waals surface area (Å²) in [6.45, 7) is 4.00. The van der Waals surface area contributed by atoms with E-state index in [0.717, 1.165) is 37.7 Å². The number of benzene rings is 2. The van der Waals surface area contributed by atoms with Gasteiger partial charge in [-0.05, 0) is 48.7 Å². The summed E-state index contributed by atoms with van der Waals surface area (Å²) in [6, 6.07) is 18.4. The molecule has 0 bridgehead atoms. The summed E-state index contributed by atoms with van der Waals surface area (Å²) in [5, 5.41) is 0. The molecule has 1 unspecified atom stereocenters. The Kier molecular flexibility index (Phi) is 4.41. The Bertz CT molecular complexity index is 553. The minimum atomic E-state index is 0.669. The van der Waals surface area contributed by atoms with E-state index in [2.05, 4.69) is 35.2 Å². The minimum absolute atomic E-state index is 0.669. The van der Waals surface area contributed by atoms with Gasteiger partial charge in [-0.25, -0.2) is 0 Å². The molecule has 1 fully saturated rings. The third-order valence-corrected chi connectivity index (χ3v) is 4.10. The number of nitrogen functional groups attached to an aromatic ring is 1. The van der Waals surface area contributed by atoms with E-state index >= 15 is 0 Å². The van der Waals surface area contributed by atoms with Crippen LogP contribution in [0.3, 0.4) is 0 Å². The average Bonchev–Trinajstić information content (AvgIpc) is 2.99. The molecular weight excluding hydrogens is 260 g/mol. The van der Waals surface area contributed by atoms with Crippen molar-refractivity contribution < 1.29 is 4.74 Å². The van der Waals surface area contributed by atoms with E-state index in [-0.39, 0.29) is 0 Å². The molecule has 3 heteroatoms. The van der Waals surface area contributed by atoms with Gasteiger partial charge in [-0.15, -0.1) is 0 Å². The molecule has 3 nitrogen and oxygen atoms in total. The zero-order valence-corrected chi connectivity index (χ0v) is 12.2. The predicted molar refractivity (Wildman–Crippen MR) is 86.6 cm³/mol. The summed E-state index contributed by atoms with van der Waals surface area (Å²) in [5.41, 5.74) is 7.89. The van der Waals surface area contributed by atoms with Gasteiger partial charge in [-0.3, -0.25) is 4.90 Å². The molecule has 0 saturated carbocycles. The Hall–Kier alpha value is -2.00. The van der Waals surface area contributed by atoms with E-state index in [1.807, 2.05) is 24.3 Å². The summed E-state index contributed by atoms with van der Waals surface area (Å²) in [5.74, 6) is 1.56. The first-order chi connectivity index (χ1) is 10.3. The molecule has 1 aliphatic rings. The number of rotatable bonds is 5. The number of nitrogens with two attached hydrogens (primary N) is 1. The van der Waals surface area contributed by atoms with Crippen LogP contribution in [-0.4, -0.2) is 31.1 Å². The normalized spacial score (nSPS) is 18.8. The van der Waals surface area contributed by atoms with Crippen LogP contribution in [0.1, 0.15) is 17.9 Å². The molecule has 1 heterocycles. The fraction of sp³-hybridized carbons (Fsp3) is 0.333. The quantitative estimate of drug-likeness (QED) is 0.856. The van der Waals surface area contributed by atoms with Gasteiger partial charge in [0.25, 0.3) is 0 Å². The number of likely N-dealkylation sites (tertiary alicyclic amines) is 1. The summed E-state index contributed by atoms with van der Waals surface area (Å²) in [6.07, 6.45) is 1.24. The lowest BCUT2D eigenvalue weighted by atomic mass is 9.99. The van der Waals surface area contributed by atoms with E-state index < -0.39 is 0 Å². The summed E-state index contributed by atoms with van der Waals surface area (Å²) in [7, 11) is 0. The molecule has 1 saturated heterocycles. The van der Waals surface area contributed by atoms with Gasteiger partial charge in [-0.1, -0.05) is 30.3 Å². The van der Waals surface area contributed by atoms with Crippen molar-refractivity contribution in [1.29, 1.82) is 0 Å². The van der Waals surface area contributed by atoms with Crippen molar-refractivity contribution >= 4 is 5.69 Å². The molecule has 3 rings (SSSR count). The van der Waals surface area contributed by atoms with Gasteiger partial charge >= 0.3 is 0 Å². The molecule has 1 atom stereocenters. The van der Waals surface area contributed by atoms with Crippen LogP contribution in [0.15, 0.2) is 54.6 Å². The molecule has 1 aliphatic heterocycles. The summed E-state index contributed by atoms with van der Waals surface area (Å²) < 4.78 is 5.77. The predicted octanol–water partition coefficient (Wildman–Crippen LogP) is 3.14. The lowest BCUT2D eigenvalue weighted by Crippen LogP contribution is -2.26. The first-order valence-corrected chi connectivity index (χ1v) is 7.57. The van der Waals surface area contributed by atoms with Crippen LogP contribution in [0.4, 0.5) is 5.69 Å². The first-order valence-electron chi connectivity index (χ1n) is 7.57. The summed E-state index contributed by atoms with van der Waals surface area (Å²) in [4.78, 5) is 2.48. The van der Waals surface area contributed by atoms with E-state index in [9.17, 15) is 0 Å². The monoisotopic (exact) mass is 282 g/mol. The second kappa shape index (κ2) is 6.64. The van der Waals surface area contributed by atoms with E-state index in [4.69, 9.17) is 10.5 Å². The number of hydrogen-bond acceptors (Lipinski definition) is 3. The van der Waals surface area contributed by atoms with Gasteiger partial charge in [0.1, 0.15) is 12.4 Å². The van der Waals surface area contributed by atoms with Gasteiger partial charge in [0.15, 0.2) is 0 Å². The molecule has 0 spiro atoms. The highest BCUT2D eigenvalue weighted by molar-refractivity contribution is 5.41. The van der Waals surface area contributed by atoms with Gasteiger partial charge in [0, 0.05) is 18.8 Å². The Balaban J connectivity index is 1.44. The Labute approximate surface area is 126 Å². The highest BCUT2D eigenvalue weighted by Crippen LogP contribution is 2.26. The molecule has 110 valence electrons. The van der Waals surface area contributed by atoms with Crippen molar-refractivity contribution in [2.75, 3.05) is 32.0 Å². The van der Waals surface area contributed by atoms with Crippen LogP contribution in [0, 0.1) is 0 Å². The average molecular weight is 282 g/mol. The van der Waals surface area contributed by atoms with Crippen LogP contribution < -0.4 is 10.5 Å². The number of hydrogen-bond donors (Lipinski definition) is 1. The maximum absolute atomic E-state index is 5.77. The Morgan fingerprint density at radius 1 is 1.05 bits per heavy atom. The molecule has 2 aromatic rings. The van der Waals surface area contributed by atoms with Gasteiger partial charge in [0.05, 0.1) is 0 Å². The van der Waals surface area contributed by atoms with Crippen LogP contribution in [0.2, 0.25) is 0 Å². The van der Waals surface area contributed by atoms with Crippen molar-refractivity contribution in [3.05, 3.63) is 60.2 Å². The minimum Gasteiger partial charge on any atom is -0.492 e. The van der Waals surface area contributed by atoms with Gasteiger partial charge in [0.2, 0.25) is 0 Å². The van der Waals surface area contributed by atoms with E-state index in [1.165, 1.54) is 12.0 Å². The highest BCUT2D eigenvalue weighted by Gasteiger charge is 2.23. The van der Waals surface area contributed by atoms with Crippen molar-refractivity contribution in [2.45, 2.75) is 12.3 Å². The lowest BCUT2D eigenvalue weighted by Gasteiger charge is -2.16. The summed E-state index contributed by atoms with van der Waals surface area (Å²) >= 11 is 0. The lowest BCUT2D eigenvalue weighted by molar-refractivity contribution is 0.236. The van der Waals surface area contributed by atoms with Crippen molar-refractivity contribution in [2.24, 2.45) is 0 Å². The zero-order valence-electron chi connectivity index (χ0n) is 12.2. The molecule has 0 amide bonds. The van der Waals surface area contributed by atoms with Crippen molar-refractivity contribution in [3.8, 4) is 5.75 Å². The topological polar surface area (TPSA) is 38.5 Å². The third-order valence-electron chi connectivity index (χ3n) is 4.10. The molecule has 2 aromatic carbocycles. The standard InChI is InChI=1S/C18H22N2O/c19-17-6-8-18(9-7-17)21-13-12-20-11-10-16(14-20)15-4-2-1-3-5-15/h1-9,16H,10-14,19H2. The first kappa shape index (κ1) is 14.0. The van der Waals surface area contributed by atoms with Crippen LogP contribution in [-0.2, 0) is 0 Å². The van der Waals surface area contributed by atoms with Crippen molar-refractivity contribution in [3.63, 3.8) is 0 Å². The van der Waals surface area contributed by atoms with Gasteiger partial charge in [-0.2, -0.15) is 0 Å². The maximum atomic E-state index is 5.77. The fourth-order valence-electron chi connectivity index (χ4n) is 2.89. The SMILES string of the molecule is Nc1ccc(OCCN2CCC(c3ccccc3)C2)cc1. The van der Waals surface area contributed by atoms with Crippen LogP contribution in [0.5, 0.6) is 5.75 Å². The highest BCUT2D eigenvalue weighted by atomic mass is 16.5. The Morgan fingerprint density at radius 2 is 1.81 bits per heavy atom. The molecule has 0 aromatic heterocycles. The van der Waals surface area contributed by atoms with E-state index in [0.29, 0.717) is 5.92 Å². The fourth-order valence-corrected chi connectivity index (χ4v) is 2.89. The largest absolute Gasteiger partial charge is 0.492 e. The van der Waals surface area contributed by atoms with Gasteiger partial charge < -0.3 is 10.5 Å². The molecule has 21 heavy (non-hydrogen) atoms.